The van der Waals surface area contributed by atoms with Gasteiger partial charge in [0.05, 0.1) is 11.5 Å². The first-order chi connectivity index (χ1) is 6.37. The maximum Gasteiger partial charge on any atom is 0.0854 e. The van der Waals surface area contributed by atoms with E-state index in [2.05, 4.69) is 36.4 Å². The van der Waals surface area contributed by atoms with Crippen molar-refractivity contribution in [3.05, 3.63) is 36.0 Å². The Labute approximate surface area is 79.1 Å². The molecule has 0 aliphatic heterocycles. The van der Waals surface area contributed by atoms with Gasteiger partial charge in [-0.15, -0.1) is 0 Å². The molecule has 1 heteroatoms. The maximum atomic E-state index is 9.21. The molecule has 2 aliphatic carbocycles. The summed E-state index contributed by atoms with van der Waals surface area (Å²) >= 11 is 0. The van der Waals surface area contributed by atoms with Gasteiger partial charge in [0, 0.05) is 0 Å². The highest BCUT2D eigenvalue weighted by Gasteiger charge is 2.34. The number of hydrogen-bond donors (Lipinski definition) is 0. The van der Waals surface area contributed by atoms with E-state index in [1.807, 2.05) is 0 Å². The van der Waals surface area contributed by atoms with E-state index in [1.165, 1.54) is 5.57 Å². The van der Waals surface area contributed by atoms with E-state index in [-0.39, 0.29) is 5.41 Å². The van der Waals surface area contributed by atoms with Crippen molar-refractivity contribution in [2.24, 2.45) is 5.41 Å². The number of nitriles is 1. The molecule has 0 aromatic rings. The van der Waals surface area contributed by atoms with Crippen molar-refractivity contribution in [3.8, 4) is 6.07 Å². The van der Waals surface area contributed by atoms with Gasteiger partial charge in [-0.05, 0) is 31.3 Å². The topological polar surface area (TPSA) is 23.8 Å². The molecule has 0 fully saturated rings. The van der Waals surface area contributed by atoms with Crippen LogP contribution >= 0.6 is 0 Å². The van der Waals surface area contributed by atoms with Crippen molar-refractivity contribution in [3.63, 3.8) is 0 Å². The van der Waals surface area contributed by atoms with Crippen LogP contribution in [0.3, 0.4) is 0 Å². The Hall–Kier alpha value is -1.29. The van der Waals surface area contributed by atoms with Crippen molar-refractivity contribution in [2.75, 3.05) is 0 Å². The van der Waals surface area contributed by atoms with Crippen LogP contribution < -0.4 is 0 Å². The van der Waals surface area contributed by atoms with Gasteiger partial charge in [0.25, 0.3) is 0 Å². The van der Waals surface area contributed by atoms with Crippen LogP contribution in [0.4, 0.5) is 0 Å². The first-order valence-corrected chi connectivity index (χ1v) is 4.80. The van der Waals surface area contributed by atoms with Crippen LogP contribution in [0.15, 0.2) is 36.0 Å². The lowest BCUT2D eigenvalue weighted by Crippen LogP contribution is -2.18. The molecule has 2 aliphatic rings. The fraction of sp³-hybridized carbons (Fsp3) is 0.417. The molecule has 0 radical (unpaired) electrons. The molecule has 0 bridgehead atoms. The average Bonchev–Trinajstić information content (AvgIpc) is 2.69. The average molecular weight is 171 g/mol. The molecule has 0 heterocycles. The van der Waals surface area contributed by atoms with Gasteiger partial charge in [-0.3, -0.25) is 0 Å². The van der Waals surface area contributed by atoms with E-state index < -0.39 is 0 Å². The Kier molecular flexibility index (Phi) is 2.06. The first-order valence-electron chi connectivity index (χ1n) is 4.80. The molecule has 0 unspecified atom stereocenters. The third-order valence-electron chi connectivity index (χ3n) is 2.94. The third kappa shape index (κ3) is 1.33. The van der Waals surface area contributed by atoms with Crippen LogP contribution in [0.1, 0.15) is 25.7 Å². The normalized spacial score (nSPS) is 24.1. The summed E-state index contributed by atoms with van der Waals surface area (Å²) in [6.07, 6.45) is 14.6. The van der Waals surface area contributed by atoms with Gasteiger partial charge in [-0.25, -0.2) is 0 Å². The number of allylic oxidation sites excluding steroid dienone is 6. The summed E-state index contributed by atoms with van der Waals surface area (Å²) in [5.74, 6) is 0. The fourth-order valence-corrected chi connectivity index (χ4v) is 2.08. The number of nitrogens with zero attached hydrogens (tertiary/aromatic N) is 1. The quantitative estimate of drug-likeness (QED) is 0.556. The molecule has 0 aromatic carbocycles. The summed E-state index contributed by atoms with van der Waals surface area (Å²) in [5.41, 5.74) is 1.13. The molecule has 0 saturated carbocycles. The molecule has 0 atom stereocenters. The molecule has 0 N–H and O–H groups in total. The smallest absolute Gasteiger partial charge is 0.0854 e. The number of rotatable bonds is 1. The summed E-state index contributed by atoms with van der Waals surface area (Å²) in [5, 5.41) is 9.21. The van der Waals surface area contributed by atoms with E-state index in [4.69, 9.17) is 0 Å². The summed E-state index contributed by atoms with van der Waals surface area (Å²) in [4.78, 5) is 0. The minimum Gasteiger partial charge on any atom is -0.197 e. The molecule has 0 aromatic heterocycles. The van der Waals surface area contributed by atoms with Crippen LogP contribution in [-0.2, 0) is 0 Å². The fourth-order valence-electron chi connectivity index (χ4n) is 2.08. The van der Waals surface area contributed by atoms with Gasteiger partial charge in [-0.1, -0.05) is 30.4 Å². The van der Waals surface area contributed by atoms with Crippen LogP contribution in [0, 0.1) is 16.7 Å². The van der Waals surface area contributed by atoms with E-state index in [1.54, 1.807) is 0 Å². The highest BCUT2D eigenvalue weighted by molar-refractivity contribution is 5.34. The summed E-state index contributed by atoms with van der Waals surface area (Å²) < 4.78 is 0. The highest BCUT2D eigenvalue weighted by atomic mass is 14.4. The zero-order chi connectivity index (χ0) is 9.15. The molecule has 1 nitrogen and oxygen atoms in total. The minimum absolute atomic E-state index is 0.190. The van der Waals surface area contributed by atoms with Crippen LogP contribution in [0.25, 0.3) is 0 Å². The molecule has 13 heavy (non-hydrogen) atoms. The van der Waals surface area contributed by atoms with Gasteiger partial charge in [-0.2, -0.15) is 5.26 Å². The lowest BCUT2D eigenvalue weighted by atomic mass is 9.76. The molecule has 0 amide bonds. The van der Waals surface area contributed by atoms with Crippen molar-refractivity contribution in [2.45, 2.75) is 25.7 Å². The molecule has 2 rings (SSSR count). The molecular formula is C12H13N. The van der Waals surface area contributed by atoms with Crippen molar-refractivity contribution in [1.82, 2.24) is 0 Å². The maximum absolute atomic E-state index is 9.21. The number of hydrogen-bond acceptors (Lipinski definition) is 1. The van der Waals surface area contributed by atoms with Gasteiger partial charge in [0.1, 0.15) is 0 Å². The largest absolute Gasteiger partial charge is 0.197 e. The standard InChI is InChI=1S/C12H13N/c13-10-12(8-4-5-9-12)11-6-2-1-3-7-11/h1-2,4-6H,3,7-9H2. The zero-order valence-electron chi connectivity index (χ0n) is 7.66. The second-order valence-electron chi connectivity index (χ2n) is 3.73. The molecule has 66 valence electrons. The zero-order valence-corrected chi connectivity index (χ0v) is 7.66. The molecular weight excluding hydrogens is 158 g/mol. The molecule has 0 saturated heterocycles. The van der Waals surface area contributed by atoms with Crippen LogP contribution in [-0.4, -0.2) is 0 Å². The summed E-state index contributed by atoms with van der Waals surface area (Å²) in [6, 6.07) is 2.48. The Morgan fingerprint density at radius 1 is 1.23 bits per heavy atom. The van der Waals surface area contributed by atoms with Gasteiger partial charge < -0.3 is 0 Å². The highest BCUT2D eigenvalue weighted by Crippen LogP contribution is 2.42. The van der Waals surface area contributed by atoms with Crippen LogP contribution in [0.5, 0.6) is 0 Å². The van der Waals surface area contributed by atoms with Crippen molar-refractivity contribution >= 4 is 0 Å². The minimum atomic E-state index is -0.190. The van der Waals surface area contributed by atoms with Crippen molar-refractivity contribution in [1.29, 1.82) is 5.26 Å². The van der Waals surface area contributed by atoms with E-state index >= 15 is 0 Å². The Morgan fingerprint density at radius 3 is 2.54 bits per heavy atom. The van der Waals surface area contributed by atoms with Gasteiger partial charge in [0.2, 0.25) is 0 Å². The lowest BCUT2D eigenvalue weighted by Gasteiger charge is -2.25. The predicted octanol–water partition coefficient (Wildman–Crippen LogP) is 3.12. The third-order valence-corrected chi connectivity index (χ3v) is 2.94. The van der Waals surface area contributed by atoms with E-state index in [0.717, 1.165) is 25.7 Å². The van der Waals surface area contributed by atoms with Gasteiger partial charge >= 0.3 is 0 Å². The summed E-state index contributed by atoms with van der Waals surface area (Å²) in [7, 11) is 0. The first kappa shape index (κ1) is 8.31. The SMILES string of the molecule is N#CC1(C2=CC=CCC2)CC=CC1. The lowest BCUT2D eigenvalue weighted by molar-refractivity contribution is 0.492. The predicted molar refractivity (Wildman–Crippen MR) is 52.9 cm³/mol. The Balaban J connectivity index is 2.27. The Morgan fingerprint density at radius 2 is 2.00 bits per heavy atom. The van der Waals surface area contributed by atoms with Gasteiger partial charge in [0.15, 0.2) is 0 Å². The molecule has 0 spiro atoms. The Bertz CT molecular complexity index is 318. The monoisotopic (exact) mass is 171 g/mol. The van der Waals surface area contributed by atoms with Crippen molar-refractivity contribution < 1.29 is 0 Å². The van der Waals surface area contributed by atoms with E-state index in [9.17, 15) is 5.26 Å². The second-order valence-corrected chi connectivity index (χ2v) is 3.73. The second kappa shape index (κ2) is 3.22. The van der Waals surface area contributed by atoms with Crippen LogP contribution in [0.2, 0.25) is 0 Å². The van der Waals surface area contributed by atoms with E-state index in [0.29, 0.717) is 0 Å². The summed E-state index contributed by atoms with van der Waals surface area (Å²) in [6.45, 7) is 0.